The van der Waals surface area contributed by atoms with Crippen LogP contribution in [0.15, 0.2) is 24.3 Å². The molecular weight excluding hydrogens is 320 g/mol. The topological polar surface area (TPSA) is 61.8 Å². The molecule has 1 unspecified atom stereocenters. The first-order chi connectivity index (χ1) is 12.1. The van der Waals surface area contributed by atoms with Crippen LogP contribution >= 0.6 is 0 Å². The number of unbranched alkanes of at least 4 members (excludes halogenated alkanes) is 2. The number of carbonyl (C=O) groups is 2. The van der Waals surface area contributed by atoms with Gasteiger partial charge >= 0.3 is 11.9 Å². The van der Waals surface area contributed by atoms with Crippen LogP contribution in [-0.2, 0) is 14.2 Å². The first kappa shape index (κ1) is 21.2. The van der Waals surface area contributed by atoms with E-state index in [0.29, 0.717) is 36.9 Å². The summed E-state index contributed by atoms with van der Waals surface area (Å²) < 4.78 is 15.5. The Morgan fingerprint density at radius 2 is 1.40 bits per heavy atom. The van der Waals surface area contributed by atoms with Crippen molar-refractivity contribution >= 4 is 11.9 Å². The molecule has 0 saturated carbocycles. The lowest BCUT2D eigenvalue weighted by Gasteiger charge is -2.11. The van der Waals surface area contributed by atoms with Crippen LogP contribution in [0.1, 0.15) is 66.7 Å². The molecule has 1 aromatic rings. The maximum Gasteiger partial charge on any atom is 0.338 e. The van der Waals surface area contributed by atoms with Crippen molar-refractivity contribution in [1.82, 2.24) is 0 Å². The highest BCUT2D eigenvalue weighted by Crippen LogP contribution is 2.11. The molecule has 0 amide bonds. The fourth-order valence-electron chi connectivity index (χ4n) is 2.24. The molecule has 0 bridgehead atoms. The van der Waals surface area contributed by atoms with E-state index in [9.17, 15) is 9.59 Å². The maximum absolute atomic E-state index is 12.0. The van der Waals surface area contributed by atoms with Crippen molar-refractivity contribution < 1.29 is 23.8 Å². The number of benzene rings is 1. The van der Waals surface area contributed by atoms with Gasteiger partial charge in [0, 0.05) is 13.7 Å². The van der Waals surface area contributed by atoms with Gasteiger partial charge in [0.15, 0.2) is 0 Å². The summed E-state index contributed by atoms with van der Waals surface area (Å²) in [5.41, 5.74) is 0.883. The lowest BCUT2D eigenvalue weighted by atomic mass is 10.1. The van der Waals surface area contributed by atoms with E-state index in [1.165, 1.54) is 0 Å². The number of esters is 2. The lowest BCUT2D eigenvalue weighted by Crippen LogP contribution is -2.11. The number of ether oxygens (including phenoxy) is 3. The average Bonchev–Trinajstić information content (AvgIpc) is 2.63. The first-order valence-electron chi connectivity index (χ1n) is 9.01. The highest BCUT2D eigenvalue weighted by atomic mass is 16.5. The van der Waals surface area contributed by atoms with Crippen LogP contribution in [0.3, 0.4) is 0 Å². The van der Waals surface area contributed by atoms with E-state index in [1.807, 2.05) is 0 Å². The van der Waals surface area contributed by atoms with Gasteiger partial charge in [-0.2, -0.15) is 0 Å². The second-order valence-electron chi connectivity index (χ2n) is 6.23. The zero-order valence-corrected chi connectivity index (χ0v) is 15.6. The highest BCUT2D eigenvalue weighted by Gasteiger charge is 2.11. The molecule has 1 rings (SSSR count). The molecule has 0 aliphatic rings. The van der Waals surface area contributed by atoms with Gasteiger partial charge in [-0.05, 0) is 49.4 Å². The zero-order chi connectivity index (χ0) is 18.5. The van der Waals surface area contributed by atoms with Gasteiger partial charge in [0.05, 0.1) is 24.3 Å². The molecule has 1 atom stereocenters. The van der Waals surface area contributed by atoms with Gasteiger partial charge in [-0.25, -0.2) is 9.59 Å². The van der Waals surface area contributed by atoms with Gasteiger partial charge in [0.25, 0.3) is 0 Å². The van der Waals surface area contributed by atoms with Gasteiger partial charge in [-0.3, -0.25) is 0 Å². The molecule has 140 valence electrons. The molecular formula is C20H30O5. The molecule has 0 heterocycles. The van der Waals surface area contributed by atoms with Crippen molar-refractivity contribution in [3.05, 3.63) is 35.4 Å². The third-order valence-corrected chi connectivity index (χ3v) is 4.00. The Kier molecular flexibility index (Phi) is 10.6. The van der Waals surface area contributed by atoms with Crippen LogP contribution in [0, 0.1) is 5.92 Å². The second-order valence-corrected chi connectivity index (χ2v) is 6.23. The summed E-state index contributed by atoms with van der Waals surface area (Å²) in [4.78, 5) is 23.9. The van der Waals surface area contributed by atoms with Gasteiger partial charge in [0.1, 0.15) is 0 Å². The van der Waals surface area contributed by atoms with Gasteiger partial charge < -0.3 is 14.2 Å². The van der Waals surface area contributed by atoms with Crippen molar-refractivity contribution in [1.29, 1.82) is 0 Å². The molecule has 5 heteroatoms. The summed E-state index contributed by atoms with van der Waals surface area (Å²) in [6.45, 7) is 5.72. The predicted molar refractivity (Wildman–Crippen MR) is 96.8 cm³/mol. The van der Waals surface area contributed by atoms with Crippen LogP contribution < -0.4 is 0 Å². The average molecular weight is 350 g/mol. The Bertz CT molecular complexity index is 509. The Hall–Kier alpha value is -1.88. The Morgan fingerprint density at radius 1 is 0.880 bits per heavy atom. The van der Waals surface area contributed by atoms with Gasteiger partial charge in [-0.1, -0.05) is 26.7 Å². The van der Waals surface area contributed by atoms with E-state index in [2.05, 4.69) is 13.8 Å². The largest absolute Gasteiger partial charge is 0.462 e. The van der Waals surface area contributed by atoms with E-state index < -0.39 is 0 Å². The number of hydrogen-bond donors (Lipinski definition) is 0. The summed E-state index contributed by atoms with van der Waals surface area (Å²) in [7, 11) is 1.68. The van der Waals surface area contributed by atoms with E-state index in [0.717, 1.165) is 32.1 Å². The summed E-state index contributed by atoms with van der Waals surface area (Å²) in [5, 5.41) is 0. The molecule has 0 radical (unpaired) electrons. The fraction of sp³-hybridized carbons (Fsp3) is 0.600. The van der Waals surface area contributed by atoms with Crippen molar-refractivity contribution in [2.45, 2.75) is 46.0 Å². The maximum atomic E-state index is 12.0. The Labute approximate surface area is 150 Å². The monoisotopic (exact) mass is 350 g/mol. The SMILES string of the molecule is CCCCCOC(=O)c1ccc(C(=O)OCCC(C)CCOC)cc1. The van der Waals surface area contributed by atoms with Crippen LogP contribution in [0.25, 0.3) is 0 Å². The van der Waals surface area contributed by atoms with Gasteiger partial charge in [-0.15, -0.1) is 0 Å². The third-order valence-electron chi connectivity index (χ3n) is 4.00. The molecule has 5 nitrogen and oxygen atoms in total. The normalized spacial score (nSPS) is 11.8. The van der Waals surface area contributed by atoms with Crippen LogP contribution in [-0.4, -0.2) is 38.9 Å². The van der Waals surface area contributed by atoms with Crippen LogP contribution in [0.5, 0.6) is 0 Å². The summed E-state index contributed by atoms with van der Waals surface area (Å²) in [6, 6.07) is 6.39. The summed E-state index contributed by atoms with van der Waals surface area (Å²) in [6.07, 6.45) is 4.75. The number of hydrogen-bond acceptors (Lipinski definition) is 5. The van der Waals surface area contributed by atoms with Crippen molar-refractivity contribution in [2.24, 2.45) is 5.92 Å². The van der Waals surface area contributed by atoms with Crippen molar-refractivity contribution in [3.63, 3.8) is 0 Å². The van der Waals surface area contributed by atoms with E-state index in [-0.39, 0.29) is 11.9 Å². The minimum absolute atomic E-state index is 0.358. The number of methoxy groups -OCH3 is 1. The Balaban J connectivity index is 2.36. The fourth-order valence-corrected chi connectivity index (χ4v) is 2.24. The minimum atomic E-state index is -0.373. The first-order valence-corrected chi connectivity index (χ1v) is 9.01. The standard InChI is InChI=1S/C20H30O5/c1-4-5-6-13-24-19(21)17-7-9-18(10-8-17)20(22)25-15-12-16(2)11-14-23-3/h7-10,16H,4-6,11-15H2,1-3H3. The summed E-state index contributed by atoms with van der Waals surface area (Å²) in [5.74, 6) is -0.289. The lowest BCUT2D eigenvalue weighted by molar-refractivity contribution is 0.0471. The molecule has 0 spiro atoms. The van der Waals surface area contributed by atoms with Crippen LogP contribution in [0.2, 0.25) is 0 Å². The molecule has 0 saturated heterocycles. The molecule has 25 heavy (non-hydrogen) atoms. The van der Waals surface area contributed by atoms with Crippen LogP contribution in [0.4, 0.5) is 0 Å². The number of rotatable bonds is 12. The van der Waals surface area contributed by atoms with E-state index in [4.69, 9.17) is 14.2 Å². The molecule has 0 aliphatic carbocycles. The third kappa shape index (κ3) is 8.68. The minimum Gasteiger partial charge on any atom is -0.462 e. The molecule has 1 aromatic carbocycles. The quantitative estimate of drug-likeness (QED) is 0.416. The predicted octanol–water partition coefficient (Wildman–Crippen LogP) is 4.25. The van der Waals surface area contributed by atoms with Gasteiger partial charge in [0.2, 0.25) is 0 Å². The smallest absolute Gasteiger partial charge is 0.338 e. The molecule has 0 N–H and O–H groups in total. The molecule has 0 aromatic heterocycles. The van der Waals surface area contributed by atoms with E-state index >= 15 is 0 Å². The van der Waals surface area contributed by atoms with E-state index in [1.54, 1.807) is 31.4 Å². The second kappa shape index (κ2) is 12.5. The highest BCUT2D eigenvalue weighted by molar-refractivity contribution is 5.93. The number of carbonyl (C=O) groups excluding carboxylic acids is 2. The molecule has 0 aliphatic heterocycles. The molecule has 0 fully saturated rings. The van der Waals surface area contributed by atoms with Crippen molar-refractivity contribution in [3.8, 4) is 0 Å². The zero-order valence-electron chi connectivity index (χ0n) is 15.6. The Morgan fingerprint density at radius 3 is 1.92 bits per heavy atom. The van der Waals surface area contributed by atoms with Crippen molar-refractivity contribution in [2.75, 3.05) is 26.9 Å². The summed E-state index contributed by atoms with van der Waals surface area (Å²) >= 11 is 0.